The minimum Gasteiger partial charge on any atom is -0.462 e. The summed E-state index contributed by atoms with van der Waals surface area (Å²) in [5.41, 5.74) is 0.920. The molecule has 0 aliphatic heterocycles. The molecule has 0 heterocycles. The summed E-state index contributed by atoms with van der Waals surface area (Å²) in [5, 5.41) is 0. The van der Waals surface area contributed by atoms with Gasteiger partial charge in [-0.15, -0.1) is 0 Å². The predicted octanol–water partition coefficient (Wildman–Crippen LogP) is 5.80. The zero-order valence-electron chi connectivity index (χ0n) is 16.6. The van der Waals surface area contributed by atoms with Crippen LogP contribution < -0.4 is 0 Å². The van der Waals surface area contributed by atoms with Crippen molar-refractivity contribution in [3.05, 3.63) is 35.4 Å². The van der Waals surface area contributed by atoms with Gasteiger partial charge in [0.25, 0.3) is 0 Å². The molecule has 0 aromatic heterocycles. The fourth-order valence-corrected chi connectivity index (χ4v) is 2.47. The molecule has 1 aromatic rings. The van der Waals surface area contributed by atoms with Crippen molar-refractivity contribution in [2.45, 2.75) is 72.1 Å². The average molecular weight is 363 g/mol. The highest BCUT2D eigenvalue weighted by molar-refractivity contribution is 5.93. The molecule has 0 N–H and O–H groups in total. The third kappa shape index (κ3) is 9.02. The second kappa shape index (κ2) is 13.4. The van der Waals surface area contributed by atoms with Crippen molar-refractivity contribution in [2.75, 3.05) is 13.2 Å². The van der Waals surface area contributed by atoms with Crippen LogP contribution in [0.4, 0.5) is 0 Å². The van der Waals surface area contributed by atoms with E-state index < -0.39 is 0 Å². The Balaban J connectivity index is 2.27. The lowest BCUT2D eigenvalue weighted by Crippen LogP contribution is -2.12. The maximum atomic E-state index is 12.0. The summed E-state index contributed by atoms with van der Waals surface area (Å²) in [5.74, 6) is -0.344. The van der Waals surface area contributed by atoms with E-state index in [1.807, 2.05) is 6.92 Å². The predicted molar refractivity (Wildman–Crippen MR) is 104 cm³/mol. The minimum atomic E-state index is -0.353. The molecule has 0 spiro atoms. The lowest BCUT2D eigenvalue weighted by atomic mass is 10.1. The maximum Gasteiger partial charge on any atom is 0.338 e. The van der Waals surface area contributed by atoms with Gasteiger partial charge in [0.05, 0.1) is 24.3 Å². The van der Waals surface area contributed by atoms with Crippen molar-refractivity contribution in [3.8, 4) is 0 Å². The topological polar surface area (TPSA) is 52.6 Å². The number of carbonyl (C=O) groups is 2. The third-order valence-corrected chi connectivity index (χ3v) is 4.53. The summed E-state index contributed by atoms with van der Waals surface area (Å²) >= 11 is 0. The monoisotopic (exact) mass is 362 g/mol. The van der Waals surface area contributed by atoms with Crippen molar-refractivity contribution >= 4 is 11.9 Å². The number of hydrogen-bond donors (Lipinski definition) is 0. The van der Waals surface area contributed by atoms with Crippen molar-refractivity contribution in [1.82, 2.24) is 0 Å². The van der Waals surface area contributed by atoms with Gasteiger partial charge < -0.3 is 9.47 Å². The van der Waals surface area contributed by atoms with Gasteiger partial charge in [-0.25, -0.2) is 9.59 Å². The van der Waals surface area contributed by atoms with Gasteiger partial charge >= 0.3 is 11.9 Å². The number of esters is 2. The van der Waals surface area contributed by atoms with Gasteiger partial charge in [-0.3, -0.25) is 0 Å². The average Bonchev–Trinajstić information content (AvgIpc) is 2.67. The van der Waals surface area contributed by atoms with Crippen LogP contribution in [0.3, 0.4) is 0 Å². The highest BCUT2D eigenvalue weighted by Gasteiger charge is 2.12. The van der Waals surface area contributed by atoms with Gasteiger partial charge in [0.2, 0.25) is 0 Å². The molecule has 26 heavy (non-hydrogen) atoms. The van der Waals surface area contributed by atoms with Gasteiger partial charge in [0, 0.05) is 0 Å². The summed E-state index contributed by atoms with van der Waals surface area (Å²) in [4.78, 5) is 24.0. The number of rotatable bonds is 13. The van der Waals surface area contributed by atoms with Crippen molar-refractivity contribution in [1.29, 1.82) is 0 Å². The fraction of sp³-hybridized carbons (Fsp3) is 0.636. The van der Waals surface area contributed by atoms with Crippen LogP contribution in [0.1, 0.15) is 92.9 Å². The Bertz CT molecular complexity index is 521. The van der Waals surface area contributed by atoms with Crippen LogP contribution >= 0.6 is 0 Å². The first kappa shape index (κ1) is 22.2. The standard InChI is InChI=1S/C22H34O4/c1-4-6-7-8-9-10-11-16-25-21(23)19-12-14-20(15-13-19)22(24)26-17-18(3)5-2/h12-15,18H,4-11,16-17H2,1-3H3. The van der Waals surface area contributed by atoms with E-state index in [9.17, 15) is 9.59 Å². The Hall–Kier alpha value is -1.84. The lowest BCUT2D eigenvalue weighted by molar-refractivity contribution is 0.0443. The number of ether oxygens (including phenoxy) is 2. The van der Waals surface area contributed by atoms with E-state index in [0.29, 0.717) is 30.3 Å². The molecule has 0 aliphatic carbocycles. The highest BCUT2D eigenvalue weighted by atomic mass is 16.5. The van der Waals surface area contributed by atoms with Crippen LogP contribution in [0.25, 0.3) is 0 Å². The Morgan fingerprint density at radius 1 is 0.808 bits per heavy atom. The van der Waals surface area contributed by atoms with E-state index in [1.54, 1.807) is 24.3 Å². The van der Waals surface area contributed by atoms with E-state index in [4.69, 9.17) is 9.47 Å². The molecule has 0 radical (unpaired) electrons. The van der Waals surface area contributed by atoms with Gasteiger partial charge in [-0.05, 0) is 36.6 Å². The number of benzene rings is 1. The smallest absolute Gasteiger partial charge is 0.338 e. The fourth-order valence-electron chi connectivity index (χ4n) is 2.47. The third-order valence-electron chi connectivity index (χ3n) is 4.53. The first-order chi connectivity index (χ1) is 12.6. The minimum absolute atomic E-state index is 0.337. The Morgan fingerprint density at radius 3 is 1.85 bits per heavy atom. The number of hydrogen-bond acceptors (Lipinski definition) is 4. The van der Waals surface area contributed by atoms with Gasteiger partial charge in [-0.1, -0.05) is 65.7 Å². The molecule has 1 aromatic carbocycles. The quantitative estimate of drug-likeness (QED) is 0.329. The zero-order valence-corrected chi connectivity index (χ0v) is 16.6. The molecule has 0 bridgehead atoms. The van der Waals surface area contributed by atoms with E-state index >= 15 is 0 Å². The van der Waals surface area contributed by atoms with E-state index in [-0.39, 0.29) is 11.9 Å². The van der Waals surface area contributed by atoms with E-state index in [0.717, 1.165) is 19.3 Å². The van der Waals surface area contributed by atoms with Crippen LogP contribution in [0, 0.1) is 5.92 Å². The van der Waals surface area contributed by atoms with Crippen molar-refractivity contribution in [3.63, 3.8) is 0 Å². The highest BCUT2D eigenvalue weighted by Crippen LogP contribution is 2.11. The van der Waals surface area contributed by atoms with Crippen molar-refractivity contribution in [2.24, 2.45) is 5.92 Å². The molecule has 1 atom stereocenters. The SMILES string of the molecule is CCCCCCCCCOC(=O)c1ccc(C(=O)OCC(C)CC)cc1. The molecule has 1 rings (SSSR count). The molecule has 0 fully saturated rings. The summed E-state index contributed by atoms with van der Waals surface area (Å²) in [6.07, 6.45) is 9.28. The molecule has 4 heteroatoms. The molecule has 146 valence electrons. The first-order valence-electron chi connectivity index (χ1n) is 10.0. The van der Waals surface area contributed by atoms with Crippen LogP contribution in [0.2, 0.25) is 0 Å². The molecule has 0 saturated heterocycles. The second-order valence-corrected chi connectivity index (χ2v) is 6.95. The maximum absolute atomic E-state index is 12.0. The van der Waals surface area contributed by atoms with E-state index in [2.05, 4.69) is 13.8 Å². The van der Waals surface area contributed by atoms with Crippen LogP contribution in [0.15, 0.2) is 24.3 Å². The van der Waals surface area contributed by atoms with Crippen molar-refractivity contribution < 1.29 is 19.1 Å². The largest absolute Gasteiger partial charge is 0.462 e. The summed E-state index contributed by atoms with van der Waals surface area (Å²) in [7, 11) is 0. The Labute approximate surface area is 158 Å². The normalized spacial score (nSPS) is 11.8. The van der Waals surface area contributed by atoms with E-state index in [1.165, 1.54) is 32.1 Å². The van der Waals surface area contributed by atoms with Crippen LogP contribution in [0.5, 0.6) is 0 Å². The van der Waals surface area contributed by atoms with Gasteiger partial charge in [0.15, 0.2) is 0 Å². The Morgan fingerprint density at radius 2 is 1.31 bits per heavy atom. The molecule has 0 amide bonds. The molecular weight excluding hydrogens is 328 g/mol. The number of carbonyl (C=O) groups excluding carboxylic acids is 2. The number of unbranched alkanes of at least 4 members (excludes halogenated alkanes) is 6. The molecule has 0 aliphatic rings. The summed E-state index contributed by atoms with van der Waals surface area (Å²) < 4.78 is 10.5. The zero-order chi connectivity index (χ0) is 19.2. The summed E-state index contributed by atoms with van der Waals surface area (Å²) in [6.45, 7) is 7.17. The Kier molecular flexibility index (Phi) is 11.4. The molecular formula is C22H34O4. The molecule has 4 nitrogen and oxygen atoms in total. The van der Waals surface area contributed by atoms with Crippen LogP contribution in [-0.4, -0.2) is 25.2 Å². The van der Waals surface area contributed by atoms with Crippen LogP contribution in [-0.2, 0) is 9.47 Å². The van der Waals surface area contributed by atoms with Gasteiger partial charge in [-0.2, -0.15) is 0 Å². The summed E-state index contributed by atoms with van der Waals surface area (Å²) in [6, 6.07) is 6.46. The molecule has 0 saturated carbocycles. The van der Waals surface area contributed by atoms with Gasteiger partial charge in [0.1, 0.15) is 0 Å². The second-order valence-electron chi connectivity index (χ2n) is 6.95. The molecule has 1 unspecified atom stereocenters. The first-order valence-corrected chi connectivity index (χ1v) is 10.0. The lowest BCUT2D eigenvalue weighted by Gasteiger charge is -2.10.